The molecule has 6 nitrogen and oxygen atoms in total. The number of benzene rings is 2. The highest BCUT2D eigenvalue weighted by Crippen LogP contribution is 2.27. The normalized spacial score (nSPS) is 14.8. The minimum atomic E-state index is -0.0834. The van der Waals surface area contributed by atoms with Gasteiger partial charge in [0, 0.05) is 31.0 Å². The molecule has 3 aromatic rings. The number of aromatic nitrogens is 2. The van der Waals surface area contributed by atoms with Gasteiger partial charge in [-0.3, -0.25) is 4.79 Å². The number of hydrogen-bond acceptors (Lipinski definition) is 5. The van der Waals surface area contributed by atoms with E-state index in [1.165, 1.54) is 0 Å². The van der Waals surface area contributed by atoms with Crippen LogP contribution in [0.3, 0.4) is 0 Å². The lowest BCUT2D eigenvalue weighted by molar-refractivity contribution is -0.135. The van der Waals surface area contributed by atoms with Crippen molar-refractivity contribution in [3.05, 3.63) is 58.7 Å². The van der Waals surface area contributed by atoms with Crippen molar-refractivity contribution >= 4 is 40.1 Å². The molecule has 0 unspecified atom stereocenters. The van der Waals surface area contributed by atoms with Crippen molar-refractivity contribution in [1.29, 1.82) is 0 Å². The van der Waals surface area contributed by atoms with E-state index in [1.54, 1.807) is 29.3 Å². The zero-order valence-corrected chi connectivity index (χ0v) is 17.1. The molecule has 29 heavy (non-hydrogen) atoms. The van der Waals surface area contributed by atoms with Crippen LogP contribution in [0.2, 0.25) is 10.0 Å². The Bertz CT molecular complexity index is 1020. The van der Waals surface area contributed by atoms with Crippen molar-refractivity contribution in [3.8, 4) is 11.6 Å². The maximum absolute atomic E-state index is 12.4. The van der Waals surface area contributed by atoms with Gasteiger partial charge in [-0.1, -0.05) is 35.3 Å². The van der Waals surface area contributed by atoms with Gasteiger partial charge in [-0.05, 0) is 30.3 Å². The highest BCUT2D eigenvalue weighted by atomic mass is 35.5. The number of rotatable bonds is 5. The number of hydrogen-bond donors (Lipinski definition) is 0. The number of likely N-dealkylation sites (tertiary alicyclic amines) is 1. The van der Waals surface area contributed by atoms with E-state index in [0.29, 0.717) is 34.8 Å². The second-order valence-electron chi connectivity index (χ2n) is 6.76. The molecule has 1 saturated heterocycles. The second kappa shape index (κ2) is 8.84. The van der Waals surface area contributed by atoms with Crippen LogP contribution >= 0.6 is 23.2 Å². The predicted octanol–water partition coefficient (Wildman–Crippen LogP) is 4.39. The summed E-state index contributed by atoms with van der Waals surface area (Å²) >= 11 is 11.9. The average Bonchev–Trinajstić information content (AvgIpc) is 2.73. The first-order chi connectivity index (χ1) is 14.1. The summed E-state index contributed by atoms with van der Waals surface area (Å²) in [7, 11) is 0. The highest BCUT2D eigenvalue weighted by Gasteiger charge is 2.24. The van der Waals surface area contributed by atoms with Crippen LogP contribution in [0.1, 0.15) is 12.8 Å². The van der Waals surface area contributed by atoms with E-state index in [0.717, 1.165) is 23.9 Å². The van der Waals surface area contributed by atoms with E-state index < -0.39 is 0 Å². The Morgan fingerprint density at radius 1 is 1.10 bits per heavy atom. The summed E-state index contributed by atoms with van der Waals surface area (Å²) in [6, 6.07) is 12.6. The molecule has 4 rings (SSSR count). The number of fused-ring (bicyclic) bond motifs is 1. The van der Waals surface area contributed by atoms with Gasteiger partial charge in [0.05, 0.1) is 22.3 Å². The summed E-state index contributed by atoms with van der Waals surface area (Å²) in [5, 5.41) is 0.903. The molecular weight excluding hydrogens is 413 g/mol. The number of piperidine rings is 1. The number of amides is 1. The van der Waals surface area contributed by atoms with Crippen LogP contribution in [-0.2, 0) is 4.79 Å². The monoisotopic (exact) mass is 431 g/mol. The Labute approximate surface area is 178 Å². The minimum absolute atomic E-state index is 0.00106. The number of carbonyl (C=O) groups is 1. The highest BCUT2D eigenvalue weighted by molar-refractivity contribution is 6.35. The van der Waals surface area contributed by atoms with Crippen LogP contribution in [0.5, 0.6) is 11.6 Å². The largest absolute Gasteiger partial charge is 0.482 e. The third kappa shape index (κ3) is 4.89. The molecule has 0 N–H and O–H groups in total. The molecule has 2 aromatic carbocycles. The number of ether oxygens (including phenoxy) is 2. The molecule has 2 heterocycles. The number of halogens is 2. The zero-order chi connectivity index (χ0) is 20.2. The lowest BCUT2D eigenvalue weighted by atomic mass is 10.1. The summed E-state index contributed by atoms with van der Waals surface area (Å²) in [6.07, 6.45) is 3.09. The smallest absolute Gasteiger partial charge is 0.260 e. The maximum atomic E-state index is 12.4. The summed E-state index contributed by atoms with van der Waals surface area (Å²) in [5.41, 5.74) is 1.64. The van der Waals surface area contributed by atoms with Crippen molar-refractivity contribution < 1.29 is 14.3 Å². The third-order valence-electron chi connectivity index (χ3n) is 4.75. The van der Waals surface area contributed by atoms with Crippen molar-refractivity contribution in [3.63, 3.8) is 0 Å². The first-order valence-electron chi connectivity index (χ1n) is 9.32. The molecule has 0 aliphatic carbocycles. The first-order valence-corrected chi connectivity index (χ1v) is 10.1. The lowest BCUT2D eigenvalue weighted by Gasteiger charge is -2.31. The van der Waals surface area contributed by atoms with E-state index >= 15 is 0 Å². The van der Waals surface area contributed by atoms with Crippen molar-refractivity contribution in [1.82, 2.24) is 14.9 Å². The molecule has 0 atom stereocenters. The molecule has 1 aliphatic heterocycles. The van der Waals surface area contributed by atoms with Crippen LogP contribution in [0.25, 0.3) is 11.0 Å². The van der Waals surface area contributed by atoms with Gasteiger partial charge in [-0.25, -0.2) is 9.97 Å². The van der Waals surface area contributed by atoms with Crippen LogP contribution in [0.4, 0.5) is 0 Å². The van der Waals surface area contributed by atoms with Crippen molar-refractivity contribution in [2.24, 2.45) is 0 Å². The van der Waals surface area contributed by atoms with Gasteiger partial charge >= 0.3 is 0 Å². The van der Waals surface area contributed by atoms with Gasteiger partial charge in [-0.15, -0.1) is 0 Å². The molecule has 8 heteroatoms. The Balaban J connectivity index is 1.27. The van der Waals surface area contributed by atoms with Crippen LogP contribution in [-0.4, -0.2) is 46.6 Å². The van der Waals surface area contributed by atoms with Gasteiger partial charge in [0.15, 0.2) is 6.61 Å². The van der Waals surface area contributed by atoms with E-state index in [4.69, 9.17) is 32.7 Å². The second-order valence-corrected chi connectivity index (χ2v) is 7.60. The van der Waals surface area contributed by atoms with Crippen molar-refractivity contribution in [2.45, 2.75) is 18.9 Å². The Hall–Kier alpha value is -2.57. The lowest BCUT2D eigenvalue weighted by Crippen LogP contribution is -2.43. The molecule has 1 aliphatic rings. The minimum Gasteiger partial charge on any atom is -0.482 e. The van der Waals surface area contributed by atoms with E-state index in [-0.39, 0.29) is 18.6 Å². The van der Waals surface area contributed by atoms with E-state index in [9.17, 15) is 4.79 Å². The quantitative estimate of drug-likeness (QED) is 0.599. The summed E-state index contributed by atoms with van der Waals surface area (Å²) < 4.78 is 11.5. The summed E-state index contributed by atoms with van der Waals surface area (Å²) in [5.74, 6) is 0.867. The maximum Gasteiger partial charge on any atom is 0.260 e. The molecule has 1 aromatic heterocycles. The Kier molecular flexibility index (Phi) is 6.02. The van der Waals surface area contributed by atoms with Crippen molar-refractivity contribution in [2.75, 3.05) is 19.7 Å². The topological polar surface area (TPSA) is 64.5 Å². The average molecular weight is 432 g/mol. The third-order valence-corrected chi connectivity index (χ3v) is 5.28. The molecule has 0 spiro atoms. The Morgan fingerprint density at radius 2 is 1.86 bits per heavy atom. The number of carbonyl (C=O) groups excluding carboxylic acids is 1. The molecule has 0 radical (unpaired) electrons. The molecule has 0 bridgehead atoms. The van der Waals surface area contributed by atoms with Crippen LogP contribution < -0.4 is 9.47 Å². The number of nitrogens with zero attached hydrogens (tertiary/aromatic N) is 3. The van der Waals surface area contributed by atoms with E-state index in [1.807, 2.05) is 24.3 Å². The van der Waals surface area contributed by atoms with Gasteiger partial charge < -0.3 is 14.4 Å². The molecule has 150 valence electrons. The fourth-order valence-corrected chi connectivity index (χ4v) is 3.68. The van der Waals surface area contributed by atoms with Gasteiger partial charge in [0.1, 0.15) is 11.9 Å². The first kappa shape index (κ1) is 19.7. The zero-order valence-electron chi connectivity index (χ0n) is 15.6. The standard InChI is InChI=1S/C21H19Cl2N3O3/c22-14-5-6-19(16(23)11-14)28-13-21(27)26-9-7-15(8-10-26)29-20-12-24-17-3-1-2-4-18(17)25-20/h1-6,11-12,15H,7-10,13H2. The molecule has 1 amide bonds. The SMILES string of the molecule is O=C(COc1ccc(Cl)cc1Cl)N1CCC(Oc2cnc3ccccc3n2)CC1. The van der Waals surface area contributed by atoms with Gasteiger partial charge in [0.25, 0.3) is 5.91 Å². The van der Waals surface area contributed by atoms with Gasteiger partial charge in [-0.2, -0.15) is 0 Å². The van der Waals surface area contributed by atoms with E-state index in [2.05, 4.69) is 9.97 Å². The number of para-hydroxylation sites is 2. The van der Waals surface area contributed by atoms with Gasteiger partial charge in [0.2, 0.25) is 5.88 Å². The molecular formula is C21H19Cl2N3O3. The fraction of sp³-hybridized carbons (Fsp3) is 0.286. The van der Waals surface area contributed by atoms with Crippen LogP contribution in [0.15, 0.2) is 48.7 Å². The molecule has 1 fully saturated rings. The summed E-state index contributed by atoms with van der Waals surface area (Å²) in [6.45, 7) is 1.13. The van der Waals surface area contributed by atoms with Crippen LogP contribution in [0, 0.1) is 0 Å². The Morgan fingerprint density at radius 3 is 2.62 bits per heavy atom. The fourth-order valence-electron chi connectivity index (χ4n) is 3.21. The molecule has 0 saturated carbocycles. The summed E-state index contributed by atoms with van der Waals surface area (Å²) in [4.78, 5) is 23.1. The predicted molar refractivity (Wildman–Crippen MR) is 112 cm³/mol.